The van der Waals surface area contributed by atoms with Crippen LogP contribution < -0.4 is 10.5 Å². The molecule has 0 bridgehead atoms. The normalized spacial score (nSPS) is 10.4. The number of rotatable bonds is 2. The first kappa shape index (κ1) is 10.4. The van der Waals surface area contributed by atoms with Crippen molar-refractivity contribution in [2.24, 2.45) is 5.73 Å². The third-order valence-electron chi connectivity index (χ3n) is 2.49. The Labute approximate surface area is 93.6 Å². The van der Waals surface area contributed by atoms with E-state index in [0.29, 0.717) is 5.69 Å². The Kier molecular flexibility index (Phi) is 2.48. The Balaban J connectivity index is 2.80. The monoisotopic (exact) mass is 215 g/mol. The smallest absolute Gasteiger partial charge is 0.141 e. The summed E-state index contributed by atoms with van der Waals surface area (Å²) in [6, 6.07) is 7.45. The lowest BCUT2D eigenvalue weighted by Crippen LogP contribution is -2.13. The molecule has 1 aromatic heterocycles. The van der Waals surface area contributed by atoms with Crippen molar-refractivity contribution in [2.75, 3.05) is 7.11 Å². The summed E-state index contributed by atoms with van der Waals surface area (Å²) in [5.74, 6) is 0.769. The highest BCUT2D eigenvalue weighted by Crippen LogP contribution is 2.27. The molecule has 82 valence electrons. The van der Waals surface area contributed by atoms with Gasteiger partial charge in [0.05, 0.1) is 12.6 Å². The second-order valence-corrected chi connectivity index (χ2v) is 3.59. The maximum atomic E-state index is 7.39. The van der Waals surface area contributed by atoms with E-state index < -0.39 is 0 Å². The van der Waals surface area contributed by atoms with Crippen LogP contribution in [0.3, 0.4) is 0 Å². The lowest BCUT2D eigenvalue weighted by molar-refractivity contribution is 0.419. The average Bonchev–Trinajstić information content (AvgIpc) is 2.27. The van der Waals surface area contributed by atoms with Gasteiger partial charge in [0.15, 0.2) is 0 Å². The molecule has 0 aliphatic carbocycles. The van der Waals surface area contributed by atoms with E-state index in [4.69, 9.17) is 15.9 Å². The van der Waals surface area contributed by atoms with Crippen LogP contribution in [0.25, 0.3) is 10.9 Å². The van der Waals surface area contributed by atoms with Crippen LogP contribution in [0.15, 0.2) is 24.3 Å². The van der Waals surface area contributed by atoms with E-state index in [1.807, 2.05) is 25.1 Å². The van der Waals surface area contributed by atoms with E-state index in [1.54, 1.807) is 13.2 Å². The molecule has 0 radical (unpaired) electrons. The van der Waals surface area contributed by atoms with Crippen molar-refractivity contribution in [3.63, 3.8) is 0 Å². The van der Waals surface area contributed by atoms with Gasteiger partial charge in [-0.05, 0) is 30.7 Å². The molecule has 0 saturated heterocycles. The zero-order valence-electron chi connectivity index (χ0n) is 9.24. The number of nitrogens with two attached hydrogens (primary N) is 1. The minimum absolute atomic E-state index is 0.0205. The lowest BCUT2D eigenvalue weighted by atomic mass is 10.1. The molecule has 4 nitrogen and oxygen atoms in total. The number of nitrogens with zero attached hydrogens (tertiary/aromatic N) is 1. The van der Waals surface area contributed by atoms with E-state index in [0.717, 1.165) is 22.2 Å². The molecule has 4 heteroatoms. The van der Waals surface area contributed by atoms with Gasteiger partial charge in [-0.1, -0.05) is 6.07 Å². The number of nitrogen functional groups attached to an aromatic ring is 1. The lowest BCUT2D eigenvalue weighted by Gasteiger charge is -2.09. The van der Waals surface area contributed by atoms with Crippen LogP contribution in [0.2, 0.25) is 0 Å². The maximum Gasteiger partial charge on any atom is 0.141 e. The van der Waals surface area contributed by atoms with Crippen LogP contribution >= 0.6 is 0 Å². The molecular weight excluding hydrogens is 202 g/mol. The van der Waals surface area contributed by atoms with Gasteiger partial charge in [-0.25, -0.2) is 4.98 Å². The van der Waals surface area contributed by atoms with Gasteiger partial charge in [0.25, 0.3) is 0 Å². The number of fused-ring (bicyclic) bond motifs is 1. The number of nitrogens with one attached hydrogen (secondary N) is 1. The topological polar surface area (TPSA) is 72.0 Å². The van der Waals surface area contributed by atoms with Crippen LogP contribution in [0.5, 0.6) is 5.75 Å². The van der Waals surface area contributed by atoms with Crippen molar-refractivity contribution >= 4 is 16.7 Å². The Morgan fingerprint density at radius 3 is 2.81 bits per heavy atom. The number of ether oxygens (including phenoxy) is 1. The number of hydrogen-bond donors (Lipinski definition) is 2. The first-order valence-electron chi connectivity index (χ1n) is 4.92. The number of amidine groups is 1. The molecule has 0 atom stereocenters. The number of hydrogen-bond acceptors (Lipinski definition) is 3. The van der Waals surface area contributed by atoms with E-state index >= 15 is 0 Å². The van der Waals surface area contributed by atoms with E-state index in [-0.39, 0.29) is 5.84 Å². The van der Waals surface area contributed by atoms with Crippen LogP contribution in [0, 0.1) is 12.3 Å². The van der Waals surface area contributed by atoms with Crippen molar-refractivity contribution in [3.8, 4) is 5.75 Å². The number of benzene rings is 1. The summed E-state index contributed by atoms with van der Waals surface area (Å²) >= 11 is 0. The van der Waals surface area contributed by atoms with Crippen LogP contribution in [-0.4, -0.2) is 17.9 Å². The molecule has 2 rings (SSSR count). The molecule has 2 aromatic rings. The van der Waals surface area contributed by atoms with Crippen molar-refractivity contribution in [1.29, 1.82) is 5.41 Å². The number of aryl methyl sites for hydroxylation is 1. The van der Waals surface area contributed by atoms with Gasteiger partial charge in [-0.2, -0.15) is 0 Å². The SMILES string of the molecule is COc1cccc2nc(C(=N)N)cc(C)c12. The summed E-state index contributed by atoms with van der Waals surface area (Å²) in [4.78, 5) is 4.31. The third-order valence-corrected chi connectivity index (χ3v) is 2.49. The Bertz CT molecular complexity index is 563. The summed E-state index contributed by atoms with van der Waals surface area (Å²) in [7, 11) is 1.63. The Hall–Kier alpha value is -2.10. The molecule has 0 amide bonds. The second-order valence-electron chi connectivity index (χ2n) is 3.59. The van der Waals surface area contributed by atoms with E-state index in [1.165, 1.54) is 0 Å². The maximum absolute atomic E-state index is 7.39. The molecule has 3 N–H and O–H groups in total. The predicted molar refractivity (Wildman–Crippen MR) is 64.0 cm³/mol. The minimum Gasteiger partial charge on any atom is -0.496 e. The first-order chi connectivity index (χ1) is 7.63. The highest BCUT2D eigenvalue weighted by molar-refractivity contribution is 5.97. The highest BCUT2D eigenvalue weighted by atomic mass is 16.5. The molecule has 1 heterocycles. The fraction of sp³-hybridized carbons (Fsp3) is 0.167. The van der Waals surface area contributed by atoms with Gasteiger partial charge in [-0.3, -0.25) is 5.41 Å². The second kappa shape index (κ2) is 3.81. The number of pyridine rings is 1. The molecule has 0 aliphatic heterocycles. The van der Waals surface area contributed by atoms with Crippen molar-refractivity contribution < 1.29 is 4.74 Å². The zero-order chi connectivity index (χ0) is 11.7. The molecular formula is C12H13N3O. The third kappa shape index (κ3) is 1.58. The van der Waals surface area contributed by atoms with Gasteiger partial charge < -0.3 is 10.5 Å². The first-order valence-corrected chi connectivity index (χ1v) is 4.92. The van der Waals surface area contributed by atoms with Crippen LogP contribution in [0.4, 0.5) is 0 Å². The molecule has 16 heavy (non-hydrogen) atoms. The largest absolute Gasteiger partial charge is 0.496 e. The van der Waals surface area contributed by atoms with Crippen molar-refractivity contribution in [1.82, 2.24) is 4.98 Å². The summed E-state index contributed by atoms with van der Waals surface area (Å²) in [5.41, 5.74) is 7.74. The number of aromatic nitrogens is 1. The molecule has 0 aliphatic rings. The highest BCUT2D eigenvalue weighted by Gasteiger charge is 2.08. The van der Waals surface area contributed by atoms with Crippen molar-refractivity contribution in [3.05, 3.63) is 35.5 Å². The Morgan fingerprint density at radius 2 is 2.19 bits per heavy atom. The predicted octanol–water partition coefficient (Wildman–Crippen LogP) is 1.84. The fourth-order valence-electron chi connectivity index (χ4n) is 1.76. The number of methoxy groups -OCH3 is 1. The molecule has 0 fully saturated rings. The average molecular weight is 215 g/mol. The fourth-order valence-corrected chi connectivity index (χ4v) is 1.76. The molecule has 0 saturated carbocycles. The van der Waals surface area contributed by atoms with Crippen LogP contribution in [-0.2, 0) is 0 Å². The summed E-state index contributed by atoms with van der Waals surface area (Å²) in [5, 5.41) is 8.36. The van der Waals surface area contributed by atoms with E-state index in [2.05, 4.69) is 4.98 Å². The summed E-state index contributed by atoms with van der Waals surface area (Å²) in [6.07, 6.45) is 0. The molecule has 0 spiro atoms. The minimum atomic E-state index is -0.0205. The van der Waals surface area contributed by atoms with Crippen molar-refractivity contribution in [2.45, 2.75) is 6.92 Å². The zero-order valence-corrected chi connectivity index (χ0v) is 9.24. The van der Waals surface area contributed by atoms with Gasteiger partial charge in [0.1, 0.15) is 17.3 Å². The van der Waals surface area contributed by atoms with E-state index in [9.17, 15) is 0 Å². The van der Waals surface area contributed by atoms with Gasteiger partial charge in [0, 0.05) is 5.39 Å². The summed E-state index contributed by atoms with van der Waals surface area (Å²) < 4.78 is 5.28. The van der Waals surface area contributed by atoms with Crippen LogP contribution in [0.1, 0.15) is 11.3 Å². The van der Waals surface area contributed by atoms with Gasteiger partial charge in [-0.15, -0.1) is 0 Å². The Morgan fingerprint density at radius 1 is 1.44 bits per heavy atom. The molecule has 1 aromatic carbocycles. The summed E-state index contributed by atoms with van der Waals surface area (Å²) in [6.45, 7) is 1.96. The molecule has 0 unspecified atom stereocenters. The van der Waals surface area contributed by atoms with Gasteiger partial charge in [0.2, 0.25) is 0 Å². The standard InChI is InChI=1S/C12H13N3O/c1-7-6-9(12(13)14)15-8-4-3-5-10(16-2)11(7)8/h3-6H,1-2H3,(H3,13,14). The van der Waals surface area contributed by atoms with Gasteiger partial charge >= 0.3 is 0 Å². The quantitative estimate of drug-likeness (QED) is 0.593.